The molecule has 0 N–H and O–H groups in total. The first-order chi connectivity index (χ1) is 5.99. The van der Waals surface area contributed by atoms with Gasteiger partial charge in [-0.25, -0.2) is 0 Å². The molecule has 0 aromatic heterocycles. The first kappa shape index (κ1) is 12.2. The molecular weight excluding hydrogens is 156 g/mol. The monoisotopic (exact) mass is 178 g/mol. The molecule has 0 heteroatoms. The third-order valence-corrected chi connectivity index (χ3v) is 2.03. The van der Waals surface area contributed by atoms with Crippen molar-refractivity contribution in [2.24, 2.45) is 5.92 Å². The van der Waals surface area contributed by atoms with Crippen LogP contribution >= 0.6 is 0 Å². The molecule has 0 aliphatic heterocycles. The minimum Gasteiger partial charge on any atom is -0.0998 e. The molecule has 74 valence electrons. The zero-order valence-corrected chi connectivity index (χ0v) is 9.65. The molecular formula is C13H22. The predicted molar refractivity (Wildman–Crippen MR) is 61.8 cm³/mol. The Hall–Kier alpha value is -0.780. The number of hydrogen-bond acceptors (Lipinski definition) is 0. The Bertz CT molecular complexity index is 226. The second kappa shape index (κ2) is 5.80. The van der Waals surface area contributed by atoms with Crippen LogP contribution in [-0.2, 0) is 0 Å². The highest BCUT2D eigenvalue weighted by Gasteiger charge is 2.03. The summed E-state index contributed by atoms with van der Waals surface area (Å²) in [6, 6.07) is 0. The van der Waals surface area contributed by atoms with E-state index in [1.54, 1.807) is 0 Å². The fraction of sp³-hybridized carbons (Fsp3) is 0.538. The van der Waals surface area contributed by atoms with Crippen molar-refractivity contribution in [2.75, 3.05) is 0 Å². The quantitative estimate of drug-likeness (QED) is 0.439. The van der Waals surface area contributed by atoms with Gasteiger partial charge in [-0.05, 0) is 38.7 Å². The second-order valence-electron chi connectivity index (χ2n) is 4.02. The maximum absolute atomic E-state index is 3.94. The second-order valence-corrected chi connectivity index (χ2v) is 4.02. The molecule has 0 rings (SSSR count). The van der Waals surface area contributed by atoms with Crippen LogP contribution in [0.5, 0.6) is 0 Å². The summed E-state index contributed by atoms with van der Waals surface area (Å²) in [5, 5.41) is 0. The smallest absolute Gasteiger partial charge is 0.0111 e. The molecule has 0 amide bonds. The van der Waals surface area contributed by atoms with E-state index in [-0.39, 0.29) is 0 Å². The Balaban J connectivity index is 4.74. The van der Waals surface area contributed by atoms with E-state index < -0.39 is 0 Å². The maximum Gasteiger partial charge on any atom is -0.0111 e. The standard InChI is InChI=1S/C13H22/c1-7-8-13(11(4)5)12(6)9-10(2)3/h7-8,11H,2,9H2,1,3-6H3/b8-7-,13-12-. The summed E-state index contributed by atoms with van der Waals surface area (Å²) < 4.78 is 0. The minimum atomic E-state index is 0.607. The van der Waals surface area contributed by atoms with Crippen molar-refractivity contribution in [1.29, 1.82) is 0 Å². The highest BCUT2D eigenvalue weighted by atomic mass is 14.1. The van der Waals surface area contributed by atoms with E-state index in [0.717, 1.165) is 6.42 Å². The molecule has 0 aromatic rings. The van der Waals surface area contributed by atoms with E-state index in [1.807, 2.05) is 0 Å². The van der Waals surface area contributed by atoms with E-state index >= 15 is 0 Å². The molecule has 0 bridgehead atoms. The Labute approximate surface area is 83.0 Å². The van der Waals surface area contributed by atoms with Crippen LogP contribution in [0.25, 0.3) is 0 Å². The van der Waals surface area contributed by atoms with Gasteiger partial charge in [0, 0.05) is 0 Å². The van der Waals surface area contributed by atoms with Crippen molar-refractivity contribution in [2.45, 2.75) is 41.0 Å². The first-order valence-electron chi connectivity index (χ1n) is 4.95. The van der Waals surface area contributed by atoms with Crippen LogP contribution in [0.15, 0.2) is 35.5 Å². The van der Waals surface area contributed by atoms with Crippen LogP contribution in [0.2, 0.25) is 0 Å². The lowest BCUT2D eigenvalue weighted by atomic mass is 9.94. The van der Waals surface area contributed by atoms with Gasteiger partial charge in [0.05, 0.1) is 0 Å². The van der Waals surface area contributed by atoms with E-state index in [1.165, 1.54) is 16.7 Å². The number of hydrogen-bond donors (Lipinski definition) is 0. The van der Waals surface area contributed by atoms with Crippen molar-refractivity contribution >= 4 is 0 Å². The predicted octanol–water partition coefficient (Wildman–Crippen LogP) is 4.50. The Morgan fingerprint density at radius 2 is 1.85 bits per heavy atom. The van der Waals surface area contributed by atoms with Crippen molar-refractivity contribution in [3.05, 3.63) is 35.5 Å². The molecule has 0 atom stereocenters. The Kier molecular flexibility index (Phi) is 5.45. The number of allylic oxidation sites excluding steroid dienone is 5. The summed E-state index contributed by atoms with van der Waals surface area (Å²) in [6.45, 7) is 14.8. The highest BCUT2D eigenvalue weighted by Crippen LogP contribution is 2.20. The molecule has 0 radical (unpaired) electrons. The van der Waals surface area contributed by atoms with E-state index in [2.05, 4.69) is 53.3 Å². The maximum atomic E-state index is 3.94. The van der Waals surface area contributed by atoms with E-state index in [0.29, 0.717) is 5.92 Å². The van der Waals surface area contributed by atoms with Gasteiger partial charge in [-0.2, -0.15) is 0 Å². The normalized spacial score (nSPS) is 13.7. The molecule has 13 heavy (non-hydrogen) atoms. The number of rotatable bonds is 4. The van der Waals surface area contributed by atoms with E-state index in [4.69, 9.17) is 0 Å². The van der Waals surface area contributed by atoms with Gasteiger partial charge in [0.15, 0.2) is 0 Å². The van der Waals surface area contributed by atoms with Crippen LogP contribution in [0, 0.1) is 5.92 Å². The lowest BCUT2D eigenvalue weighted by molar-refractivity contribution is 0.772. The van der Waals surface area contributed by atoms with Crippen molar-refractivity contribution in [1.82, 2.24) is 0 Å². The molecule has 0 saturated carbocycles. The summed E-state index contributed by atoms with van der Waals surface area (Å²) in [7, 11) is 0. The highest BCUT2D eigenvalue weighted by molar-refractivity contribution is 5.28. The average Bonchev–Trinajstić information content (AvgIpc) is 1.97. The largest absolute Gasteiger partial charge is 0.0998 e. The molecule has 0 saturated heterocycles. The summed E-state index contributed by atoms with van der Waals surface area (Å²) in [6.07, 6.45) is 5.35. The lowest BCUT2D eigenvalue weighted by Gasteiger charge is -2.12. The summed E-state index contributed by atoms with van der Waals surface area (Å²) in [5.74, 6) is 0.607. The summed E-state index contributed by atoms with van der Waals surface area (Å²) >= 11 is 0. The third kappa shape index (κ3) is 4.72. The van der Waals surface area contributed by atoms with Crippen LogP contribution in [0.4, 0.5) is 0 Å². The summed E-state index contributed by atoms with van der Waals surface area (Å²) in [4.78, 5) is 0. The SMILES string of the molecule is C=C(C)C/C(C)=C(/C=C\C)C(C)C. The van der Waals surface area contributed by atoms with Gasteiger partial charge < -0.3 is 0 Å². The molecule has 0 nitrogen and oxygen atoms in total. The first-order valence-corrected chi connectivity index (χ1v) is 4.95. The zero-order valence-electron chi connectivity index (χ0n) is 9.65. The van der Waals surface area contributed by atoms with Crippen LogP contribution in [0.3, 0.4) is 0 Å². The molecule has 0 spiro atoms. The van der Waals surface area contributed by atoms with Crippen LogP contribution in [-0.4, -0.2) is 0 Å². The van der Waals surface area contributed by atoms with Gasteiger partial charge in [0.25, 0.3) is 0 Å². The fourth-order valence-electron chi connectivity index (χ4n) is 1.56. The topological polar surface area (TPSA) is 0 Å². The van der Waals surface area contributed by atoms with Gasteiger partial charge >= 0.3 is 0 Å². The van der Waals surface area contributed by atoms with Gasteiger partial charge in [-0.3, -0.25) is 0 Å². The van der Waals surface area contributed by atoms with Crippen LogP contribution < -0.4 is 0 Å². The minimum absolute atomic E-state index is 0.607. The molecule has 0 aliphatic carbocycles. The molecule has 0 heterocycles. The molecule has 0 unspecified atom stereocenters. The van der Waals surface area contributed by atoms with Crippen LogP contribution in [0.1, 0.15) is 41.0 Å². The lowest BCUT2D eigenvalue weighted by Crippen LogP contribution is -1.95. The average molecular weight is 178 g/mol. The van der Waals surface area contributed by atoms with Gasteiger partial charge in [-0.1, -0.05) is 43.7 Å². The Morgan fingerprint density at radius 1 is 1.31 bits per heavy atom. The molecule has 0 fully saturated rings. The van der Waals surface area contributed by atoms with Gasteiger partial charge in [0.2, 0.25) is 0 Å². The van der Waals surface area contributed by atoms with Crippen molar-refractivity contribution in [3.8, 4) is 0 Å². The Morgan fingerprint density at radius 3 is 2.15 bits per heavy atom. The summed E-state index contributed by atoms with van der Waals surface area (Å²) in [5.41, 5.74) is 4.13. The fourth-order valence-corrected chi connectivity index (χ4v) is 1.56. The molecule has 0 aliphatic rings. The van der Waals surface area contributed by atoms with Gasteiger partial charge in [0.1, 0.15) is 0 Å². The third-order valence-electron chi connectivity index (χ3n) is 2.03. The van der Waals surface area contributed by atoms with Gasteiger partial charge in [-0.15, -0.1) is 0 Å². The van der Waals surface area contributed by atoms with E-state index in [9.17, 15) is 0 Å². The van der Waals surface area contributed by atoms with Crippen molar-refractivity contribution < 1.29 is 0 Å². The van der Waals surface area contributed by atoms with Crippen molar-refractivity contribution in [3.63, 3.8) is 0 Å². The molecule has 0 aromatic carbocycles. The zero-order chi connectivity index (χ0) is 10.4.